The lowest BCUT2D eigenvalue weighted by atomic mass is 10.0. The van der Waals surface area contributed by atoms with E-state index in [1.807, 2.05) is 53.2 Å². The highest BCUT2D eigenvalue weighted by Crippen LogP contribution is 2.28. The molecule has 3 rings (SSSR count). The number of aromatic nitrogens is 2. The van der Waals surface area contributed by atoms with E-state index in [4.69, 9.17) is 16.2 Å². The molecule has 4 N–H and O–H groups in total. The number of rotatable bonds is 6. The zero-order chi connectivity index (χ0) is 18.7. The van der Waals surface area contributed by atoms with Crippen molar-refractivity contribution in [3.05, 3.63) is 70.7 Å². The van der Waals surface area contributed by atoms with E-state index in [1.54, 1.807) is 6.33 Å². The number of nitrogen functional groups attached to an aromatic ring is 1. The largest absolute Gasteiger partial charge is 0.481 e. The van der Waals surface area contributed by atoms with Gasteiger partial charge in [-0.3, -0.25) is 10.2 Å². The van der Waals surface area contributed by atoms with Crippen molar-refractivity contribution in [1.82, 2.24) is 9.55 Å². The van der Waals surface area contributed by atoms with Crippen molar-refractivity contribution in [2.24, 2.45) is 5.73 Å². The lowest BCUT2D eigenvalue weighted by Gasteiger charge is -2.09. The van der Waals surface area contributed by atoms with Crippen LogP contribution in [0.2, 0.25) is 0 Å². The third-order valence-corrected chi connectivity index (χ3v) is 4.62. The molecule has 0 bridgehead atoms. The summed E-state index contributed by atoms with van der Waals surface area (Å²) in [5, 5.41) is 16.2. The van der Waals surface area contributed by atoms with Crippen LogP contribution in [-0.2, 0) is 11.2 Å². The maximum atomic E-state index is 10.7. The van der Waals surface area contributed by atoms with Gasteiger partial charge in [-0.25, -0.2) is 4.98 Å². The monoisotopic (exact) mass is 412 g/mol. The third kappa shape index (κ3) is 4.00. The van der Waals surface area contributed by atoms with Crippen molar-refractivity contribution in [2.75, 3.05) is 0 Å². The van der Waals surface area contributed by atoms with E-state index in [0.717, 1.165) is 27.0 Å². The molecule has 0 aliphatic heterocycles. The number of hydrogen-bond donors (Lipinski definition) is 3. The Labute approximate surface area is 158 Å². The van der Waals surface area contributed by atoms with Gasteiger partial charge in [0.25, 0.3) is 0 Å². The summed E-state index contributed by atoms with van der Waals surface area (Å²) in [4.78, 5) is 14.9. The highest BCUT2D eigenvalue weighted by Gasteiger charge is 2.08. The zero-order valence-corrected chi connectivity index (χ0v) is 15.4. The first-order valence-corrected chi connectivity index (χ1v) is 8.73. The Morgan fingerprint density at radius 1 is 1.19 bits per heavy atom. The third-order valence-electron chi connectivity index (χ3n) is 3.99. The first-order valence-electron chi connectivity index (χ1n) is 7.93. The molecule has 132 valence electrons. The summed E-state index contributed by atoms with van der Waals surface area (Å²) in [6, 6.07) is 13.5. The van der Waals surface area contributed by atoms with E-state index in [9.17, 15) is 4.79 Å². The molecule has 1 aromatic heterocycles. The molecule has 2 aromatic carbocycles. The summed E-state index contributed by atoms with van der Waals surface area (Å²) < 4.78 is 2.76. The average molecular weight is 413 g/mol. The number of aryl methyl sites for hydroxylation is 1. The van der Waals surface area contributed by atoms with Crippen LogP contribution in [0.15, 0.2) is 59.5 Å². The van der Waals surface area contributed by atoms with Crippen LogP contribution in [0.5, 0.6) is 0 Å². The minimum atomic E-state index is -0.833. The number of imidazole rings is 1. The van der Waals surface area contributed by atoms with Crippen LogP contribution in [0, 0.1) is 5.41 Å². The number of carboxylic acids is 1. The molecule has 7 heteroatoms. The molecule has 3 aromatic rings. The SMILES string of the molecule is N=C(N)c1ccc(-c2ccc(-n3cnc(CCC(=O)O)c3)c(Br)c2)cc1. The molecule has 1 heterocycles. The number of halogens is 1. The van der Waals surface area contributed by atoms with Gasteiger partial charge in [0.1, 0.15) is 5.84 Å². The molecule has 0 unspecified atom stereocenters. The van der Waals surface area contributed by atoms with E-state index < -0.39 is 5.97 Å². The molecule has 0 saturated heterocycles. The van der Waals surface area contributed by atoms with Crippen LogP contribution < -0.4 is 5.73 Å². The van der Waals surface area contributed by atoms with E-state index >= 15 is 0 Å². The summed E-state index contributed by atoms with van der Waals surface area (Å²) in [5.74, 6) is -0.784. The first kappa shape index (κ1) is 17.9. The van der Waals surface area contributed by atoms with E-state index in [0.29, 0.717) is 12.0 Å². The Balaban J connectivity index is 1.83. The predicted molar refractivity (Wildman–Crippen MR) is 104 cm³/mol. The van der Waals surface area contributed by atoms with Crippen LogP contribution >= 0.6 is 15.9 Å². The fraction of sp³-hybridized carbons (Fsp3) is 0.105. The number of nitrogens with two attached hydrogens (primary N) is 1. The van der Waals surface area contributed by atoms with Gasteiger partial charge < -0.3 is 15.4 Å². The molecular weight excluding hydrogens is 396 g/mol. The Kier molecular flexibility index (Phi) is 5.18. The fourth-order valence-corrected chi connectivity index (χ4v) is 3.18. The Hall–Kier alpha value is -2.93. The maximum Gasteiger partial charge on any atom is 0.303 e. The highest BCUT2D eigenvalue weighted by molar-refractivity contribution is 9.10. The van der Waals surface area contributed by atoms with Crippen molar-refractivity contribution in [1.29, 1.82) is 5.41 Å². The van der Waals surface area contributed by atoms with Crippen molar-refractivity contribution in [2.45, 2.75) is 12.8 Å². The molecule has 0 fully saturated rings. The van der Waals surface area contributed by atoms with Gasteiger partial charge in [-0.15, -0.1) is 0 Å². The van der Waals surface area contributed by atoms with Crippen LogP contribution in [-0.4, -0.2) is 26.5 Å². The standard InChI is InChI=1S/C19H17BrN4O2/c20-16-9-14(12-1-3-13(4-2-12)19(21)22)5-7-17(16)24-10-15(23-11-24)6-8-18(25)26/h1-5,7,9-11H,6,8H2,(H3,21,22)(H,25,26). The lowest BCUT2D eigenvalue weighted by Crippen LogP contribution is -2.10. The summed E-state index contributed by atoms with van der Waals surface area (Å²) in [7, 11) is 0. The van der Waals surface area contributed by atoms with Gasteiger partial charge in [-0.05, 0) is 39.2 Å². The second-order valence-electron chi connectivity index (χ2n) is 5.82. The van der Waals surface area contributed by atoms with E-state index in [1.165, 1.54) is 0 Å². The lowest BCUT2D eigenvalue weighted by molar-refractivity contribution is -0.136. The summed E-state index contributed by atoms with van der Waals surface area (Å²) in [5.41, 5.74) is 9.89. The van der Waals surface area contributed by atoms with Gasteiger partial charge in [0, 0.05) is 22.7 Å². The van der Waals surface area contributed by atoms with Crippen LogP contribution in [0.4, 0.5) is 0 Å². The zero-order valence-electron chi connectivity index (χ0n) is 13.8. The van der Waals surface area contributed by atoms with E-state index in [2.05, 4.69) is 20.9 Å². The van der Waals surface area contributed by atoms with Crippen molar-refractivity contribution in [3.63, 3.8) is 0 Å². The number of carboxylic acid groups (broad SMARTS) is 1. The van der Waals surface area contributed by atoms with Gasteiger partial charge in [0.2, 0.25) is 0 Å². The average Bonchev–Trinajstić information content (AvgIpc) is 3.08. The number of aliphatic carboxylic acids is 1. The van der Waals surface area contributed by atoms with Gasteiger partial charge in [0.15, 0.2) is 0 Å². The van der Waals surface area contributed by atoms with Gasteiger partial charge in [-0.2, -0.15) is 0 Å². The fourth-order valence-electron chi connectivity index (χ4n) is 2.60. The molecule has 26 heavy (non-hydrogen) atoms. The number of nitrogens with one attached hydrogen (secondary N) is 1. The Morgan fingerprint density at radius 3 is 2.50 bits per heavy atom. The number of benzene rings is 2. The molecule has 0 atom stereocenters. The highest BCUT2D eigenvalue weighted by atomic mass is 79.9. The summed E-state index contributed by atoms with van der Waals surface area (Å²) in [6.45, 7) is 0. The molecular formula is C19H17BrN4O2. The van der Waals surface area contributed by atoms with Gasteiger partial charge in [-0.1, -0.05) is 30.3 Å². The van der Waals surface area contributed by atoms with Crippen molar-refractivity contribution < 1.29 is 9.90 Å². The maximum absolute atomic E-state index is 10.7. The predicted octanol–water partition coefficient (Wildman–Crippen LogP) is 3.60. The quantitative estimate of drug-likeness (QED) is 0.424. The molecule has 0 saturated carbocycles. The second kappa shape index (κ2) is 7.53. The number of carbonyl (C=O) groups is 1. The van der Waals surface area contributed by atoms with Crippen LogP contribution in [0.1, 0.15) is 17.7 Å². The van der Waals surface area contributed by atoms with Crippen LogP contribution in [0.25, 0.3) is 16.8 Å². The number of amidine groups is 1. The Morgan fingerprint density at radius 2 is 1.88 bits per heavy atom. The number of nitrogens with zero attached hydrogens (tertiary/aromatic N) is 2. The van der Waals surface area contributed by atoms with Crippen LogP contribution in [0.3, 0.4) is 0 Å². The molecule has 0 spiro atoms. The smallest absolute Gasteiger partial charge is 0.303 e. The molecule has 0 radical (unpaired) electrons. The van der Waals surface area contributed by atoms with E-state index in [-0.39, 0.29) is 12.3 Å². The van der Waals surface area contributed by atoms with Crippen molar-refractivity contribution >= 4 is 27.7 Å². The molecule has 0 aliphatic rings. The molecule has 6 nitrogen and oxygen atoms in total. The summed E-state index contributed by atoms with van der Waals surface area (Å²) in [6.07, 6.45) is 3.98. The second-order valence-corrected chi connectivity index (χ2v) is 6.68. The Bertz CT molecular complexity index is 964. The normalized spacial score (nSPS) is 10.7. The van der Waals surface area contributed by atoms with Gasteiger partial charge >= 0.3 is 5.97 Å². The topological polar surface area (TPSA) is 105 Å². The molecule has 0 aliphatic carbocycles. The minimum Gasteiger partial charge on any atom is -0.481 e. The summed E-state index contributed by atoms with van der Waals surface area (Å²) >= 11 is 3.59. The van der Waals surface area contributed by atoms with Crippen molar-refractivity contribution in [3.8, 4) is 16.8 Å². The minimum absolute atomic E-state index is 0.0480. The van der Waals surface area contributed by atoms with Gasteiger partial charge in [0.05, 0.1) is 24.1 Å². The number of hydrogen-bond acceptors (Lipinski definition) is 3. The first-order chi connectivity index (χ1) is 12.4. The molecule has 0 amide bonds.